The predicted molar refractivity (Wildman–Crippen MR) is 104 cm³/mol. The van der Waals surface area contributed by atoms with Crippen molar-refractivity contribution in [1.82, 2.24) is 5.32 Å². The lowest BCUT2D eigenvalue weighted by Crippen LogP contribution is -2.50. The first-order valence-electron chi connectivity index (χ1n) is 9.29. The minimum absolute atomic E-state index is 0.223. The minimum Gasteiger partial charge on any atom is -0.425 e. The number of ether oxygens (including phenoxy) is 1. The highest BCUT2D eigenvalue weighted by molar-refractivity contribution is 5.88. The SMILES string of the molecule is Cc1ccc(OC(=O)[C@H](CC(C)C)NC(=O)[C@@H](N)CCCCN)c(C)c1. The van der Waals surface area contributed by atoms with Crippen LogP contribution in [0.1, 0.15) is 50.7 Å². The highest BCUT2D eigenvalue weighted by atomic mass is 16.5. The van der Waals surface area contributed by atoms with Gasteiger partial charge in [0.05, 0.1) is 6.04 Å². The van der Waals surface area contributed by atoms with Crippen molar-refractivity contribution in [3.63, 3.8) is 0 Å². The van der Waals surface area contributed by atoms with Gasteiger partial charge in [-0.15, -0.1) is 0 Å². The molecule has 26 heavy (non-hydrogen) atoms. The second kappa shape index (κ2) is 10.9. The van der Waals surface area contributed by atoms with Gasteiger partial charge in [-0.3, -0.25) is 4.79 Å². The summed E-state index contributed by atoms with van der Waals surface area (Å²) in [7, 11) is 0. The number of unbranched alkanes of at least 4 members (excludes halogenated alkanes) is 1. The molecule has 5 N–H and O–H groups in total. The molecule has 146 valence electrons. The molecule has 0 fully saturated rings. The summed E-state index contributed by atoms with van der Waals surface area (Å²) in [5, 5.41) is 2.76. The van der Waals surface area contributed by atoms with Crippen molar-refractivity contribution in [3.05, 3.63) is 29.3 Å². The lowest BCUT2D eigenvalue weighted by atomic mass is 10.0. The number of hydrogen-bond acceptors (Lipinski definition) is 5. The predicted octanol–water partition coefficient (Wildman–Crippen LogP) is 2.20. The third kappa shape index (κ3) is 7.54. The van der Waals surface area contributed by atoms with Crippen LogP contribution in [0.5, 0.6) is 5.75 Å². The van der Waals surface area contributed by atoms with Gasteiger partial charge >= 0.3 is 5.97 Å². The molecular formula is C20H33N3O3. The molecule has 0 radical (unpaired) electrons. The van der Waals surface area contributed by atoms with E-state index >= 15 is 0 Å². The number of benzene rings is 1. The number of aryl methyl sites for hydroxylation is 2. The van der Waals surface area contributed by atoms with Crippen molar-refractivity contribution in [2.45, 2.75) is 65.5 Å². The Kier molecular flexibility index (Phi) is 9.30. The molecule has 6 nitrogen and oxygen atoms in total. The van der Waals surface area contributed by atoms with Crippen LogP contribution in [0.2, 0.25) is 0 Å². The molecule has 0 saturated heterocycles. The van der Waals surface area contributed by atoms with E-state index in [0.717, 1.165) is 24.0 Å². The molecule has 0 saturated carbocycles. The molecule has 0 aliphatic heterocycles. The van der Waals surface area contributed by atoms with Crippen LogP contribution in [-0.2, 0) is 9.59 Å². The van der Waals surface area contributed by atoms with E-state index in [4.69, 9.17) is 16.2 Å². The van der Waals surface area contributed by atoms with Crippen molar-refractivity contribution in [2.24, 2.45) is 17.4 Å². The largest absolute Gasteiger partial charge is 0.425 e. The molecule has 0 spiro atoms. The molecule has 0 heterocycles. The van der Waals surface area contributed by atoms with Gasteiger partial charge in [0.1, 0.15) is 11.8 Å². The maximum Gasteiger partial charge on any atom is 0.334 e. The third-order valence-electron chi connectivity index (χ3n) is 4.16. The van der Waals surface area contributed by atoms with Crippen LogP contribution >= 0.6 is 0 Å². The Morgan fingerprint density at radius 3 is 2.46 bits per heavy atom. The van der Waals surface area contributed by atoms with Gasteiger partial charge in [-0.25, -0.2) is 4.79 Å². The van der Waals surface area contributed by atoms with Gasteiger partial charge < -0.3 is 21.5 Å². The first-order valence-corrected chi connectivity index (χ1v) is 9.29. The third-order valence-corrected chi connectivity index (χ3v) is 4.16. The van der Waals surface area contributed by atoms with E-state index in [2.05, 4.69) is 5.32 Å². The zero-order valence-electron chi connectivity index (χ0n) is 16.4. The average molecular weight is 364 g/mol. The Morgan fingerprint density at radius 1 is 1.19 bits per heavy atom. The van der Waals surface area contributed by atoms with Crippen molar-refractivity contribution >= 4 is 11.9 Å². The van der Waals surface area contributed by atoms with Gasteiger partial charge in [-0.1, -0.05) is 38.0 Å². The summed E-state index contributed by atoms with van der Waals surface area (Å²) in [4.78, 5) is 24.9. The van der Waals surface area contributed by atoms with E-state index in [1.54, 1.807) is 6.07 Å². The molecule has 0 aliphatic carbocycles. The zero-order chi connectivity index (χ0) is 19.7. The highest BCUT2D eigenvalue weighted by Crippen LogP contribution is 2.20. The summed E-state index contributed by atoms with van der Waals surface area (Å²) in [5.74, 6) is -0.0605. The van der Waals surface area contributed by atoms with Crippen LogP contribution < -0.4 is 21.5 Å². The van der Waals surface area contributed by atoms with Crippen LogP contribution in [0.4, 0.5) is 0 Å². The van der Waals surface area contributed by atoms with Gasteiger partial charge in [0.25, 0.3) is 0 Å². The van der Waals surface area contributed by atoms with Crippen molar-refractivity contribution in [1.29, 1.82) is 0 Å². The van der Waals surface area contributed by atoms with Gasteiger partial charge in [-0.2, -0.15) is 0 Å². The Balaban J connectivity index is 2.75. The number of nitrogens with one attached hydrogen (secondary N) is 1. The molecule has 1 amide bonds. The van der Waals surface area contributed by atoms with Gasteiger partial charge in [0, 0.05) is 0 Å². The molecule has 1 aromatic rings. The van der Waals surface area contributed by atoms with Gasteiger partial charge in [0.15, 0.2) is 0 Å². The molecule has 2 atom stereocenters. The quantitative estimate of drug-likeness (QED) is 0.335. The first kappa shape index (κ1) is 22.1. The summed E-state index contributed by atoms with van der Waals surface area (Å²) in [6, 6.07) is 4.24. The molecular weight excluding hydrogens is 330 g/mol. The number of carbonyl (C=O) groups is 2. The highest BCUT2D eigenvalue weighted by Gasteiger charge is 2.26. The summed E-state index contributed by atoms with van der Waals surface area (Å²) in [6.45, 7) is 8.42. The molecule has 0 bridgehead atoms. The summed E-state index contributed by atoms with van der Waals surface area (Å²) >= 11 is 0. The molecule has 0 unspecified atom stereocenters. The molecule has 1 aromatic carbocycles. The second-order valence-electron chi connectivity index (χ2n) is 7.27. The Morgan fingerprint density at radius 2 is 1.88 bits per heavy atom. The molecule has 0 aliphatic rings. The fourth-order valence-electron chi connectivity index (χ4n) is 2.70. The maximum atomic E-state index is 12.6. The Bertz CT molecular complexity index is 602. The van der Waals surface area contributed by atoms with E-state index in [-0.39, 0.29) is 11.8 Å². The van der Waals surface area contributed by atoms with Crippen LogP contribution in [0.3, 0.4) is 0 Å². The van der Waals surface area contributed by atoms with E-state index in [1.165, 1.54) is 0 Å². The van der Waals surface area contributed by atoms with Gasteiger partial charge in [-0.05, 0) is 57.2 Å². The lowest BCUT2D eigenvalue weighted by Gasteiger charge is -2.21. The lowest BCUT2D eigenvalue weighted by molar-refractivity contribution is -0.140. The number of rotatable bonds is 10. The van der Waals surface area contributed by atoms with E-state index in [0.29, 0.717) is 25.1 Å². The number of amides is 1. The van der Waals surface area contributed by atoms with E-state index in [1.807, 2.05) is 39.8 Å². The van der Waals surface area contributed by atoms with Crippen molar-refractivity contribution in [3.8, 4) is 5.75 Å². The maximum absolute atomic E-state index is 12.6. The minimum atomic E-state index is -0.719. The van der Waals surface area contributed by atoms with E-state index < -0.39 is 18.1 Å². The molecule has 1 rings (SSSR count). The summed E-state index contributed by atoms with van der Waals surface area (Å²) in [6.07, 6.45) is 2.65. The monoisotopic (exact) mass is 363 g/mol. The van der Waals surface area contributed by atoms with E-state index in [9.17, 15) is 9.59 Å². The fraction of sp³-hybridized carbons (Fsp3) is 0.600. The average Bonchev–Trinajstić information content (AvgIpc) is 2.56. The first-order chi connectivity index (χ1) is 12.2. The van der Waals surface area contributed by atoms with Crippen molar-refractivity contribution in [2.75, 3.05) is 6.54 Å². The number of esters is 1. The summed E-state index contributed by atoms with van der Waals surface area (Å²) in [5.41, 5.74) is 13.4. The number of hydrogen-bond donors (Lipinski definition) is 3. The fourth-order valence-corrected chi connectivity index (χ4v) is 2.70. The standard InChI is InChI=1S/C20H33N3O3/c1-13(2)11-17(23-19(24)16(22)7-5-6-10-21)20(25)26-18-9-8-14(3)12-15(18)4/h8-9,12-13,16-17H,5-7,10-11,21-22H2,1-4H3,(H,23,24)/t16-,17-/m0/s1. The van der Waals surface area contributed by atoms with Gasteiger partial charge in [0.2, 0.25) is 5.91 Å². The Labute approximate surface area is 156 Å². The topological polar surface area (TPSA) is 107 Å². The smallest absolute Gasteiger partial charge is 0.334 e. The van der Waals surface area contributed by atoms with Crippen molar-refractivity contribution < 1.29 is 14.3 Å². The van der Waals surface area contributed by atoms with Crippen LogP contribution in [-0.4, -0.2) is 30.5 Å². The molecule has 6 heteroatoms. The second-order valence-corrected chi connectivity index (χ2v) is 7.27. The number of carbonyl (C=O) groups excluding carboxylic acids is 2. The summed E-state index contributed by atoms with van der Waals surface area (Å²) < 4.78 is 5.53. The van der Waals surface area contributed by atoms with Crippen LogP contribution in [0, 0.1) is 19.8 Å². The molecule has 0 aromatic heterocycles. The van der Waals surface area contributed by atoms with Crippen LogP contribution in [0.25, 0.3) is 0 Å². The zero-order valence-corrected chi connectivity index (χ0v) is 16.4. The van der Waals surface area contributed by atoms with Crippen LogP contribution in [0.15, 0.2) is 18.2 Å². The normalized spacial score (nSPS) is 13.3. The number of nitrogens with two attached hydrogens (primary N) is 2. The Hall–Kier alpha value is -1.92.